The highest BCUT2D eigenvalue weighted by Gasteiger charge is 2.05. The first-order valence-corrected chi connectivity index (χ1v) is 7.03. The summed E-state index contributed by atoms with van der Waals surface area (Å²) in [6, 6.07) is 12.3. The van der Waals surface area contributed by atoms with Crippen molar-refractivity contribution in [3.05, 3.63) is 48.3 Å². The molecule has 0 amide bonds. The lowest BCUT2D eigenvalue weighted by Gasteiger charge is -2.13. The fourth-order valence-corrected chi connectivity index (χ4v) is 1.88. The second-order valence-corrected chi connectivity index (χ2v) is 4.78. The molecule has 0 spiro atoms. The molecule has 0 fully saturated rings. The summed E-state index contributed by atoms with van der Waals surface area (Å²) in [5, 5.41) is 3.33. The number of rotatable bonds is 7. The molecule has 0 saturated carbocycles. The van der Waals surface area contributed by atoms with Crippen LogP contribution in [0.25, 0.3) is 0 Å². The summed E-state index contributed by atoms with van der Waals surface area (Å²) in [4.78, 5) is 8.30. The molecule has 106 valence electrons. The van der Waals surface area contributed by atoms with E-state index < -0.39 is 0 Å². The Balaban J connectivity index is 1.90. The second-order valence-electron chi connectivity index (χ2n) is 4.78. The van der Waals surface area contributed by atoms with Crippen LogP contribution in [0.1, 0.15) is 31.7 Å². The Morgan fingerprint density at radius 3 is 2.75 bits per heavy atom. The first-order valence-electron chi connectivity index (χ1n) is 7.03. The fraction of sp³-hybridized carbons (Fsp3) is 0.375. The van der Waals surface area contributed by atoms with E-state index in [4.69, 9.17) is 4.74 Å². The van der Waals surface area contributed by atoms with Crippen LogP contribution in [-0.2, 0) is 0 Å². The molecule has 2 rings (SSSR count). The molecule has 1 aromatic carbocycles. The summed E-state index contributed by atoms with van der Waals surface area (Å²) in [5.41, 5.74) is 1.32. The molecule has 0 saturated heterocycles. The third kappa shape index (κ3) is 4.23. The molecule has 4 heteroatoms. The number of benzene rings is 1. The van der Waals surface area contributed by atoms with E-state index >= 15 is 0 Å². The van der Waals surface area contributed by atoms with Gasteiger partial charge in [0.25, 0.3) is 0 Å². The molecule has 1 heterocycles. The summed E-state index contributed by atoms with van der Waals surface area (Å²) < 4.78 is 5.50. The van der Waals surface area contributed by atoms with Crippen LogP contribution >= 0.6 is 0 Å². The largest absolute Gasteiger partial charge is 0.478 e. The predicted octanol–water partition coefficient (Wildman–Crippen LogP) is 3.48. The summed E-state index contributed by atoms with van der Waals surface area (Å²) in [5.74, 6) is 1.84. The summed E-state index contributed by atoms with van der Waals surface area (Å²) >= 11 is 0. The minimum atomic E-state index is 0.422. The van der Waals surface area contributed by atoms with Crippen LogP contribution in [0.3, 0.4) is 0 Å². The van der Waals surface area contributed by atoms with Crippen molar-refractivity contribution < 1.29 is 4.74 Å². The quantitative estimate of drug-likeness (QED) is 0.837. The van der Waals surface area contributed by atoms with Crippen molar-refractivity contribution in [1.29, 1.82) is 0 Å². The van der Waals surface area contributed by atoms with E-state index in [1.807, 2.05) is 12.1 Å². The number of aromatic nitrogens is 2. The highest BCUT2D eigenvalue weighted by Crippen LogP contribution is 2.16. The number of nitrogens with zero attached hydrogens (tertiary/aromatic N) is 2. The molecule has 1 atom stereocenters. The van der Waals surface area contributed by atoms with Gasteiger partial charge in [-0.25, -0.2) is 9.97 Å². The van der Waals surface area contributed by atoms with Crippen LogP contribution in [0.4, 0.5) is 5.82 Å². The SMILES string of the molecule is CCCOc1cc(NCC(C)c2ccccc2)ncn1. The van der Waals surface area contributed by atoms with Crippen molar-refractivity contribution in [3.63, 3.8) is 0 Å². The molecular formula is C16H21N3O. The van der Waals surface area contributed by atoms with Crippen molar-refractivity contribution in [1.82, 2.24) is 9.97 Å². The minimum Gasteiger partial charge on any atom is -0.478 e. The molecule has 0 aliphatic carbocycles. The van der Waals surface area contributed by atoms with E-state index in [1.165, 1.54) is 11.9 Å². The van der Waals surface area contributed by atoms with Crippen molar-refractivity contribution in [2.75, 3.05) is 18.5 Å². The Morgan fingerprint density at radius 2 is 2.00 bits per heavy atom. The standard InChI is InChI=1S/C16H21N3O/c1-3-9-20-16-10-15(18-12-19-16)17-11-13(2)14-7-5-4-6-8-14/h4-8,10,12-13H,3,9,11H2,1-2H3,(H,17,18,19). The van der Waals surface area contributed by atoms with Gasteiger partial charge in [-0.1, -0.05) is 44.2 Å². The number of ether oxygens (including phenoxy) is 1. The Kier molecular flexibility index (Phi) is 5.35. The van der Waals surface area contributed by atoms with Crippen molar-refractivity contribution in [2.24, 2.45) is 0 Å². The first kappa shape index (κ1) is 14.3. The van der Waals surface area contributed by atoms with Crippen molar-refractivity contribution >= 4 is 5.82 Å². The topological polar surface area (TPSA) is 47.0 Å². The highest BCUT2D eigenvalue weighted by atomic mass is 16.5. The first-order chi connectivity index (χ1) is 9.79. The number of hydrogen-bond donors (Lipinski definition) is 1. The normalized spacial score (nSPS) is 11.9. The lowest BCUT2D eigenvalue weighted by molar-refractivity contribution is 0.305. The molecule has 2 aromatic rings. The molecule has 0 aliphatic rings. The maximum Gasteiger partial charge on any atom is 0.218 e. The Morgan fingerprint density at radius 1 is 1.20 bits per heavy atom. The van der Waals surface area contributed by atoms with Gasteiger partial charge in [-0.05, 0) is 17.9 Å². The molecule has 0 aliphatic heterocycles. The number of nitrogens with one attached hydrogen (secondary N) is 1. The van der Waals surface area contributed by atoms with Gasteiger partial charge in [-0.15, -0.1) is 0 Å². The van der Waals surface area contributed by atoms with Crippen LogP contribution in [0.2, 0.25) is 0 Å². The van der Waals surface area contributed by atoms with Gasteiger partial charge in [0.05, 0.1) is 6.61 Å². The Hall–Kier alpha value is -2.10. The maximum absolute atomic E-state index is 5.50. The zero-order valence-electron chi connectivity index (χ0n) is 12.0. The van der Waals surface area contributed by atoms with Gasteiger partial charge < -0.3 is 10.1 Å². The van der Waals surface area contributed by atoms with E-state index in [9.17, 15) is 0 Å². The average molecular weight is 271 g/mol. The van der Waals surface area contributed by atoms with Gasteiger partial charge in [-0.3, -0.25) is 0 Å². The van der Waals surface area contributed by atoms with Gasteiger partial charge >= 0.3 is 0 Å². The smallest absolute Gasteiger partial charge is 0.218 e. The molecule has 20 heavy (non-hydrogen) atoms. The lowest BCUT2D eigenvalue weighted by Crippen LogP contribution is -2.11. The molecule has 1 aromatic heterocycles. The van der Waals surface area contributed by atoms with Crippen LogP contribution in [-0.4, -0.2) is 23.1 Å². The third-order valence-corrected chi connectivity index (χ3v) is 3.05. The molecule has 0 bridgehead atoms. The van der Waals surface area contributed by atoms with E-state index in [-0.39, 0.29) is 0 Å². The molecule has 1 unspecified atom stereocenters. The number of anilines is 1. The number of hydrogen-bond acceptors (Lipinski definition) is 4. The van der Waals surface area contributed by atoms with Gasteiger partial charge in [0.15, 0.2) is 0 Å². The Bertz CT molecular complexity index is 516. The average Bonchev–Trinajstić information content (AvgIpc) is 2.52. The fourth-order valence-electron chi connectivity index (χ4n) is 1.88. The zero-order valence-corrected chi connectivity index (χ0v) is 12.0. The maximum atomic E-state index is 5.50. The molecule has 4 nitrogen and oxygen atoms in total. The highest BCUT2D eigenvalue weighted by molar-refractivity contribution is 5.37. The van der Waals surface area contributed by atoms with Crippen LogP contribution < -0.4 is 10.1 Å². The minimum absolute atomic E-state index is 0.422. The van der Waals surface area contributed by atoms with Crippen molar-refractivity contribution in [3.8, 4) is 5.88 Å². The van der Waals surface area contributed by atoms with Crippen molar-refractivity contribution in [2.45, 2.75) is 26.2 Å². The summed E-state index contributed by atoms with van der Waals surface area (Å²) in [7, 11) is 0. The van der Waals surface area contributed by atoms with Gasteiger partial charge in [0.2, 0.25) is 5.88 Å². The predicted molar refractivity (Wildman–Crippen MR) is 81.2 cm³/mol. The van der Waals surface area contributed by atoms with E-state index in [0.29, 0.717) is 18.4 Å². The summed E-state index contributed by atoms with van der Waals surface area (Å²) in [6.45, 7) is 5.77. The Labute approximate surface area is 120 Å². The molecule has 0 radical (unpaired) electrons. The molecular weight excluding hydrogens is 250 g/mol. The van der Waals surface area contributed by atoms with Crippen LogP contribution in [0.15, 0.2) is 42.7 Å². The van der Waals surface area contributed by atoms with E-state index in [2.05, 4.69) is 53.4 Å². The van der Waals surface area contributed by atoms with E-state index in [1.54, 1.807) is 0 Å². The third-order valence-electron chi connectivity index (χ3n) is 3.05. The van der Waals surface area contributed by atoms with Crippen LogP contribution in [0, 0.1) is 0 Å². The van der Waals surface area contributed by atoms with Gasteiger partial charge in [0, 0.05) is 12.6 Å². The van der Waals surface area contributed by atoms with Gasteiger partial charge in [-0.2, -0.15) is 0 Å². The zero-order chi connectivity index (χ0) is 14.2. The van der Waals surface area contributed by atoms with Gasteiger partial charge in [0.1, 0.15) is 12.1 Å². The second kappa shape index (κ2) is 7.48. The lowest BCUT2D eigenvalue weighted by atomic mass is 10.0. The van der Waals surface area contributed by atoms with Crippen LogP contribution in [0.5, 0.6) is 5.88 Å². The monoisotopic (exact) mass is 271 g/mol. The van der Waals surface area contributed by atoms with E-state index in [0.717, 1.165) is 18.8 Å². The molecule has 1 N–H and O–H groups in total. The summed E-state index contributed by atoms with van der Waals surface area (Å²) in [6.07, 6.45) is 2.50.